The van der Waals surface area contributed by atoms with Crippen molar-refractivity contribution in [3.05, 3.63) is 0 Å². The molecule has 52 valence electrons. The summed E-state index contributed by atoms with van der Waals surface area (Å²) < 4.78 is 0. The molecule has 0 spiro atoms. The van der Waals surface area contributed by atoms with Crippen LogP contribution in [0.25, 0.3) is 0 Å². The van der Waals surface area contributed by atoms with E-state index in [9.17, 15) is 0 Å². The van der Waals surface area contributed by atoms with E-state index in [0.717, 1.165) is 17.1 Å². The van der Waals surface area contributed by atoms with Crippen LogP contribution in [0.5, 0.6) is 0 Å². The molecular formula is C8H14S. The van der Waals surface area contributed by atoms with Crippen LogP contribution in [0.1, 0.15) is 26.2 Å². The van der Waals surface area contributed by atoms with Crippen molar-refractivity contribution in [2.45, 2.75) is 31.4 Å². The monoisotopic (exact) mass is 142 g/mol. The van der Waals surface area contributed by atoms with E-state index in [-0.39, 0.29) is 0 Å². The first-order chi connectivity index (χ1) is 4.36. The first kappa shape index (κ1) is 6.09. The third-order valence-corrected chi connectivity index (χ3v) is 3.72. The van der Waals surface area contributed by atoms with Crippen LogP contribution in [0.2, 0.25) is 0 Å². The Morgan fingerprint density at radius 1 is 1.33 bits per heavy atom. The van der Waals surface area contributed by atoms with Crippen molar-refractivity contribution in [1.29, 1.82) is 0 Å². The molecule has 0 aromatic carbocycles. The molecule has 0 amide bonds. The summed E-state index contributed by atoms with van der Waals surface area (Å²) in [7, 11) is 0. The minimum Gasteiger partial charge on any atom is -0.156 e. The van der Waals surface area contributed by atoms with E-state index in [1.54, 1.807) is 0 Å². The first-order valence-electron chi connectivity index (χ1n) is 3.98. The van der Waals surface area contributed by atoms with Crippen molar-refractivity contribution in [2.24, 2.45) is 11.8 Å². The maximum atomic E-state index is 2.40. The number of hydrogen-bond acceptors (Lipinski definition) is 1. The standard InChI is InChI=1S/C8H14S/c1-6-2-3-7(4-6)8-5-9-8/h6-8H,2-5H2,1H3. The topological polar surface area (TPSA) is 0 Å². The zero-order chi connectivity index (χ0) is 6.27. The Balaban J connectivity index is 1.86. The van der Waals surface area contributed by atoms with Gasteiger partial charge in [0.15, 0.2) is 0 Å². The molecular weight excluding hydrogens is 128 g/mol. The van der Waals surface area contributed by atoms with E-state index in [4.69, 9.17) is 0 Å². The van der Waals surface area contributed by atoms with Gasteiger partial charge in [-0.1, -0.05) is 13.3 Å². The van der Waals surface area contributed by atoms with Gasteiger partial charge in [-0.3, -0.25) is 0 Å². The molecule has 1 heterocycles. The molecule has 1 aliphatic carbocycles. The summed E-state index contributed by atoms with van der Waals surface area (Å²) in [5.74, 6) is 3.62. The SMILES string of the molecule is CC1CCC(C2CS2)C1. The lowest BCUT2D eigenvalue weighted by Crippen LogP contribution is -2.00. The summed E-state index contributed by atoms with van der Waals surface area (Å²) in [5.41, 5.74) is 0. The van der Waals surface area contributed by atoms with Crippen molar-refractivity contribution >= 4 is 11.8 Å². The van der Waals surface area contributed by atoms with Crippen molar-refractivity contribution < 1.29 is 0 Å². The maximum Gasteiger partial charge on any atom is 0.0167 e. The molecule has 1 aliphatic heterocycles. The molecule has 3 unspecified atom stereocenters. The van der Waals surface area contributed by atoms with E-state index >= 15 is 0 Å². The van der Waals surface area contributed by atoms with Crippen molar-refractivity contribution in [3.8, 4) is 0 Å². The van der Waals surface area contributed by atoms with Gasteiger partial charge in [-0.15, -0.1) is 0 Å². The summed E-state index contributed by atoms with van der Waals surface area (Å²) in [4.78, 5) is 0. The third-order valence-electron chi connectivity index (χ3n) is 2.62. The van der Waals surface area contributed by atoms with Crippen molar-refractivity contribution in [3.63, 3.8) is 0 Å². The second-order valence-electron chi connectivity index (χ2n) is 3.55. The normalized spacial score (nSPS) is 49.7. The zero-order valence-electron chi connectivity index (χ0n) is 5.97. The Hall–Kier alpha value is 0.350. The minimum atomic E-state index is 1.04. The molecule has 0 bridgehead atoms. The molecule has 0 aromatic rings. The fourth-order valence-corrected chi connectivity index (χ4v) is 2.82. The van der Waals surface area contributed by atoms with Crippen LogP contribution in [-0.2, 0) is 0 Å². The smallest absolute Gasteiger partial charge is 0.0167 e. The highest BCUT2D eigenvalue weighted by Gasteiger charge is 2.35. The van der Waals surface area contributed by atoms with Crippen LogP contribution < -0.4 is 0 Å². The zero-order valence-corrected chi connectivity index (χ0v) is 6.79. The molecule has 9 heavy (non-hydrogen) atoms. The Bertz CT molecular complexity index is 107. The quantitative estimate of drug-likeness (QED) is 0.507. The van der Waals surface area contributed by atoms with Crippen LogP contribution >= 0.6 is 11.8 Å². The van der Waals surface area contributed by atoms with Gasteiger partial charge in [0.05, 0.1) is 0 Å². The molecule has 0 aromatic heterocycles. The fraction of sp³-hybridized carbons (Fsp3) is 1.00. The van der Waals surface area contributed by atoms with E-state index in [0.29, 0.717) is 0 Å². The summed E-state index contributed by atoms with van der Waals surface area (Å²) in [5, 5.41) is 1.09. The highest BCUT2D eigenvalue weighted by Crippen LogP contribution is 2.45. The molecule has 2 aliphatic rings. The fourth-order valence-electron chi connectivity index (χ4n) is 1.92. The van der Waals surface area contributed by atoms with Gasteiger partial charge in [-0.05, 0) is 24.7 Å². The number of thioether (sulfide) groups is 1. The van der Waals surface area contributed by atoms with Gasteiger partial charge in [0.25, 0.3) is 0 Å². The summed E-state index contributed by atoms with van der Waals surface area (Å²) in [6.07, 6.45) is 4.55. The largest absolute Gasteiger partial charge is 0.156 e. The summed E-state index contributed by atoms with van der Waals surface area (Å²) in [6.45, 7) is 2.40. The molecule has 0 nitrogen and oxygen atoms in total. The van der Waals surface area contributed by atoms with Crippen LogP contribution in [0, 0.1) is 11.8 Å². The molecule has 1 saturated carbocycles. The molecule has 1 heteroatoms. The molecule has 2 rings (SSSR count). The Kier molecular flexibility index (Phi) is 1.48. The summed E-state index contributed by atoms with van der Waals surface area (Å²) >= 11 is 2.17. The summed E-state index contributed by atoms with van der Waals surface area (Å²) in [6, 6.07) is 0. The maximum absolute atomic E-state index is 2.40. The first-order valence-corrected chi connectivity index (χ1v) is 5.03. The predicted molar refractivity (Wildman–Crippen MR) is 42.8 cm³/mol. The van der Waals surface area contributed by atoms with Gasteiger partial charge in [-0.2, -0.15) is 11.8 Å². The molecule has 0 radical (unpaired) electrons. The molecule has 3 atom stereocenters. The van der Waals surface area contributed by atoms with E-state index < -0.39 is 0 Å². The average Bonchev–Trinajstić information content (AvgIpc) is 2.58. The van der Waals surface area contributed by atoms with Gasteiger partial charge in [0.1, 0.15) is 0 Å². The minimum absolute atomic E-state index is 1.04. The highest BCUT2D eigenvalue weighted by molar-refractivity contribution is 8.06. The molecule has 1 saturated heterocycles. The van der Waals surface area contributed by atoms with Gasteiger partial charge in [0.2, 0.25) is 0 Å². The molecule has 2 fully saturated rings. The van der Waals surface area contributed by atoms with Gasteiger partial charge in [-0.25, -0.2) is 0 Å². The Morgan fingerprint density at radius 3 is 2.56 bits per heavy atom. The van der Waals surface area contributed by atoms with Gasteiger partial charge in [0, 0.05) is 11.0 Å². The lowest BCUT2D eigenvalue weighted by molar-refractivity contribution is 0.532. The third kappa shape index (κ3) is 1.26. The van der Waals surface area contributed by atoms with E-state index in [1.165, 1.54) is 25.0 Å². The Labute approximate surface area is 61.4 Å². The second kappa shape index (κ2) is 2.19. The van der Waals surface area contributed by atoms with Gasteiger partial charge >= 0.3 is 0 Å². The lowest BCUT2D eigenvalue weighted by atomic mass is 10.0. The van der Waals surface area contributed by atoms with Crippen molar-refractivity contribution in [1.82, 2.24) is 0 Å². The average molecular weight is 142 g/mol. The lowest BCUT2D eigenvalue weighted by Gasteiger charge is -2.03. The highest BCUT2D eigenvalue weighted by atomic mass is 32.2. The predicted octanol–water partition coefficient (Wildman–Crippen LogP) is 2.54. The van der Waals surface area contributed by atoms with Crippen LogP contribution in [-0.4, -0.2) is 11.0 Å². The van der Waals surface area contributed by atoms with Crippen molar-refractivity contribution in [2.75, 3.05) is 5.75 Å². The Morgan fingerprint density at radius 2 is 2.11 bits per heavy atom. The van der Waals surface area contributed by atoms with Crippen LogP contribution in [0.4, 0.5) is 0 Å². The molecule has 0 N–H and O–H groups in total. The second-order valence-corrected chi connectivity index (χ2v) is 4.82. The van der Waals surface area contributed by atoms with E-state index in [2.05, 4.69) is 18.7 Å². The number of hydrogen-bond donors (Lipinski definition) is 0. The van der Waals surface area contributed by atoms with Crippen LogP contribution in [0.15, 0.2) is 0 Å². The van der Waals surface area contributed by atoms with E-state index in [1.807, 2.05) is 0 Å². The van der Waals surface area contributed by atoms with Gasteiger partial charge < -0.3 is 0 Å². The number of rotatable bonds is 1. The van der Waals surface area contributed by atoms with Crippen LogP contribution in [0.3, 0.4) is 0 Å².